The topological polar surface area (TPSA) is 52.6 Å². The van der Waals surface area contributed by atoms with E-state index < -0.39 is 0 Å². The van der Waals surface area contributed by atoms with E-state index in [2.05, 4.69) is 10.2 Å². The molecule has 2 N–H and O–H groups in total. The molecular weight excluding hydrogens is 288 g/mol. The molecule has 1 amide bonds. The minimum absolute atomic E-state index is 0.0550. The molecule has 1 aromatic carbocycles. The molecule has 1 fully saturated rings. The van der Waals surface area contributed by atoms with E-state index in [9.17, 15) is 9.90 Å². The number of carbonyl (C=O) groups is 1. The summed E-state index contributed by atoms with van der Waals surface area (Å²) in [6.07, 6.45) is 2.48. The lowest BCUT2D eigenvalue weighted by molar-refractivity contribution is -0.121. The lowest BCUT2D eigenvalue weighted by Crippen LogP contribution is -2.45. The molecule has 0 spiro atoms. The van der Waals surface area contributed by atoms with Gasteiger partial charge in [0.2, 0.25) is 5.91 Å². The Bertz CT molecular complexity index is 493. The maximum absolute atomic E-state index is 12.4. The van der Waals surface area contributed by atoms with Crippen LogP contribution in [0, 0.1) is 0 Å². The Labute approximate surface area is 131 Å². The zero-order valence-corrected chi connectivity index (χ0v) is 13.3. The van der Waals surface area contributed by atoms with Crippen molar-refractivity contribution in [2.24, 2.45) is 0 Å². The minimum Gasteiger partial charge on any atom is -0.393 e. The Kier molecular flexibility index (Phi) is 5.62. The maximum Gasteiger partial charge on any atom is 0.241 e. The van der Waals surface area contributed by atoms with Crippen LogP contribution in [-0.4, -0.2) is 40.6 Å². The first-order chi connectivity index (χ1) is 9.99. The van der Waals surface area contributed by atoms with Crippen LogP contribution in [0.4, 0.5) is 5.69 Å². The van der Waals surface area contributed by atoms with Gasteiger partial charge in [-0.05, 0) is 51.8 Å². The molecule has 0 bridgehead atoms. The number of amides is 1. The van der Waals surface area contributed by atoms with E-state index in [-0.39, 0.29) is 24.1 Å². The fourth-order valence-electron chi connectivity index (χ4n) is 2.97. The summed E-state index contributed by atoms with van der Waals surface area (Å²) in [5.41, 5.74) is 0.641. The number of aliphatic hydroxyl groups excluding tert-OH is 1. The summed E-state index contributed by atoms with van der Waals surface area (Å²) >= 11 is 6.07. The fraction of sp³-hybridized carbons (Fsp3) is 0.562. The lowest BCUT2D eigenvalue weighted by atomic mass is 10.1. The number of rotatable bonds is 5. The van der Waals surface area contributed by atoms with E-state index in [4.69, 9.17) is 11.6 Å². The van der Waals surface area contributed by atoms with Gasteiger partial charge in [0.25, 0.3) is 0 Å². The molecule has 21 heavy (non-hydrogen) atoms. The summed E-state index contributed by atoms with van der Waals surface area (Å²) in [7, 11) is 0. The number of aliphatic hydroxyl groups is 1. The second-order valence-corrected chi connectivity index (χ2v) is 6.17. The summed E-state index contributed by atoms with van der Waals surface area (Å²) in [5.74, 6) is -0.0550. The third kappa shape index (κ3) is 4.19. The van der Waals surface area contributed by atoms with Gasteiger partial charge >= 0.3 is 0 Å². The number of halogens is 1. The van der Waals surface area contributed by atoms with E-state index >= 15 is 0 Å². The Hall–Kier alpha value is -1.10. The second kappa shape index (κ2) is 7.25. The lowest BCUT2D eigenvalue weighted by Gasteiger charge is -2.30. The van der Waals surface area contributed by atoms with Crippen molar-refractivity contribution in [2.45, 2.75) is 51.3 Å². The van der Waals surface area contributed by atoms with Crippen molar-refractivity contribution in [3.63, 3.8) is 0 Å². The standard InChI is InChI=1S/C16H23ClN2O2/c1-11(20)10-13-6-5-9-19(13)12(2)16(21)18-15-8-4-3-7-14(15)17/h3-4,7-8,11-13,20H,5-6,9-10H2,1-2H3,(H,18,21). The van der Waals surface area contributed by atoms with Crippen LogP contribution in [-0.2, 0) is 4.79 Å². The van der Waals surface area contributed by atoms with Crippen LogP contribution in [0.1, 0.15) is 33.1 Å². The first-order valence-electron chi connectivity index (χ1n) is 7.48. The molecule has 1 saturated heterocycles. The van der Waals surface area contributed by atoms with Crippen LogP contribution >= 0.6 is 11.6 Å². The van der Waals surface area contributed by atoms with Gasteiger partial charge < -0.3 is 10.4 Å². The molecular formula is C16H23ClN2O2. The fourth-order valence-corrected chi connectivity index (χ4v) is 3.15. The van der Waals surface area contributed by atoms with Crippen LogP contribution in [0.15, 0.2) is 24.3 Å². The van der Waals surface area contributed by atoms with Gasteiger partial charge in [0.1, 0.15) is 0 Å². The van der Waals surface area contributed by atoms with Crippen molar-refractivity contribution in [1.82, 2.24) is 4.90 Å². The molecule has 1 aromatic rings. The zero-order chi connectivity index (χ0) is 15.4. The minimum atomic E-state index is -0.338. The molecule has 4 nitrogen and oxygen atoms in total. The number of nitrogens with one attached hydrogen (secondary N) is 1. The average molecular weight is 311 g/mol. The molecule has 5 heteroatoms. The van der Waals surface area contributed by atoms with Gasteiger partial charge in [-0.1, -0.05) is 23.7 Å². The Morgan fingerprint density at radius 2 is 2.19 bits per heavy atom. The van der Waals surface area contributed by atoms with Gasteiger partial charge in [-0.15, -0.1) is 0 Å². The summed E-state index contributed by atoms with van der Waals surface area (Å²) in [6, 6.07) is 7.28. The van der Waals surface area contributed by atoms with Gasteiger partial charge in [-0.25, -0.2) is 0 Å². The number of likely N-dealkylation sites (tertiary alicyclic amines) is 1. The molecule has 1 aliphatic rings. The van der Waals surface area contributed by atoms with E-state index in [1.54, 1.807) is 19.1 Å². The smallest absolute Gasteiger partial charge is 0.241 e. The molecule has 0 radical (unpaired) electrons. The van der Waals surface area contributed by atoms with Gasteiger partial charge in [0, 0.05) is 6.04 Å². The van der Waals surface area contributed by atoms with Gasteiger partial charge in [-0.3, -0.25) is 9.69 Å². The first-order valence-corrected chi connectivity index (χ1v) is 7.86. The monoisotopic (exact) mass is 310 g/mol. The number of hydrogen-bond acceptors (Lipinski definition) is 3. The predicted molar refractivity (Wildman–Crippen MR) is 85.6 cm³/mol. The first kappa shape index (κ1) is 16.3. The normalized spacial score (nSPS) is 22.0. The van der Waals surface area contributed by atoms with Gasteiger partial charge in [0.15, 0.2) is 0 Å². The van der Waals surface area contributed by atoms with Crippen molar-refractivity contribution in [2.75, 3.05) is 11.9 Å². The number of carbonyl (C=O) groups excluding carboxylic acids is 1. The molecule has 3 atom stereocenters. The van der Waals surface area contributed by atoms with Crippen molar-refractivity contribution in [3.8, 4) is 0 Å². The van der Waals surface area contributed by atoms with E-state index in [1.807, 2.05) is 19.1 Å². The maximum atomic E-state index is 12.4. The molecule has 1 aliphatic heterocycles. The van der Waals surface area contributed by atoms with Crippen LogP contribution in [0.5, 0.6) is 0 Å². The summed E-state index contributed by atoms with van der Waals surface area (Å²) in [4.78, 5) is 14.6. The molecule has 3 unspecified atom stereocenters. The van der Waals surface area contributed by atoms with Crippen LogP contribution in [0.2, 0.25) is 5.02 Å². The highest BCUT2D eigenvalue weighted by molar-refractivity contribution is 6.33. The summed E-state index contributed by atoms with van der Waals surface area (Å²) in [6.45, 7) is 4.60. The molecule has 0 aromatic heterocycles. The molecule has 116 valence electrons. The number of hydrogen-bond donors (Lipinski definition) is 2. The zero-order valence-electron chi connectivity index (χ0n) is 12.6. The quantitative estimate of drug-likeness (QED) is 0.879. The molecule has 0 aliphatic carbocycles. The summed E-state index contributed by atoms with van der Waals surface area (Å²) in [5, 5.41) is 13.0. The van der Waals surface area contributed by atoms with Gasteiger partial charge in [-0.2, -0.15) is 0 Å². The van der Waals surface area contributed by atoms with Crippen LogP contribution < -0.4 is 5.32 Å². The largest absolute Gasteiger partial charge is 0.393 e. The van der Waals surface area contributed by atoms with Gasteiger partial charge in [0.05, 0.1) is 22.9 Å². The second-order valence-electron chi connectivity index (χ2n) is 5.76. The number of nitrogens with zero attached hydrogens (tertiary/aromatic N) is 1. The number of anilines is 1. The van der Waals surface area contributed by atoms with Crippen LogP contribution in [0.25, 0.3) is 0 Å². The van der Waals surface area contributed by atoms with E-state index in [0.29, 0.717) is 17.1 Å². The molecule has 2 rings (SSSR count). The van der Waals surface area contributed by atoms with E-state index in [1.165, 1.54) is 0 Å². The highest BCUT2D eigenvalue weighted by Gasteiger charge is 2.32. The van der Waals surface area contributed by atoms with E-state index in [0.717, 1.165) is 19.4 Å². The van der Waals surface area contributed by atoms with Crippen molar-refractivity contribution < 1.29 is 9.90 Å². The third-order valence-electron chi connectivity index (χ3n) is 4.04. The Morgan fingerprint density at radius 3 is 2.86 bits per heavy atom. The SMILES string of the molecule is CC(O)CC1CCCN1C(C)C(=O)Nc1ccccc1Cl. The van der Waals surface area contributed by atoms with Crippen molar-refractivity contribution >= 4 is 23.2 Å². The number of benzene rings is 1. The Morgan fingerprint density at radius 1 is 1.48 bits per heavy atom. The summed E-state index contributed by atoms with van der Waals surface area (Å²) < 4.78 is 0. The molecule has 0 saturated carbocycles. The van der Waals surface area contributed by atoms with Crippen LogP contribution in [0.3, 0.4) is 0 Å². The Balaban J connectivity index is 2.00. The molecule has 1 heterocycles. The predicted octanol–water partition coefficient (Wildman–Crippen LogP) is 2.90. The average Bonchev–Trinajstić information content (AvgIpc) is 2.87. The third-order valence-corrected chi connectivity index (χ3v) is 4.37. The highest BCUT2D eigenvalue weighted by Crippen LogP contribution is 2.25. The number of para-hydroxylation sites is 1. The van der Waals surface area contributed by atoms with Crippen molar-refractivity contribution in [3.05, 3.63) is 29.3 Å². The highest BCUT2D eigenvalue weighted by atomic mass is 35.5. The van der Waals surface area contributed by atoms with Crippen molar-refractivity contribution in [1.29, 1.82) is 0 Å².